The van der Waals surface area contributed by atoms with Gasteiger partial charge >= 0.3 is 0 Å². The summed E-state index contributed by atoms with van der Waals surface area (Å²) < 4.78 is 13.3. The molecule has 0 spiro atoms. The van der Waals surface area contributed by atoms with Crippen LogP contribution in [0, 0.1) is 5.82 Å². The van der Waals surface area contributed by atoms with Gasteiger partial charge in [-0.3, -0.25) is 0 Å². The van der Waals surface area contributed by atoms with Gasteiger partial charge in [-0.15, -0.1) is 11.3 Å². The number of likely N-dealkylation sites (N-methyl/N-ethyl adjacent to an activating group) is 1. The molecule has 0 amide bonds. The van der Waals surface area contributed by atoms with Crippen LogP contribution >= 0.6 is 35.2 Å². The Morgan fingerprint density at radius 1 is 1.31 bits per heavy atom. The van der Waals surface area contributed by atoms with Gasteiger partial charge in [-0.2, -0.15) is 0 Å². The van der Waals surface area contributed by atoms with Crippen LogP contribution in [0.1, 0.15) is 10.9 Å². The van der Waals surface area contributed by atoms with Crippen LogP contribution in [0.3, 0.4) is 0 Å². The van der Waals surface area contributed by atoms with Crippen LogP contribution in [0.5, 0.6) is 0 Å². The molecule has 0 saturated carbocycles. The summed E-state index contributed by atoms with van der Waals surface area (Å²) in [5, 5.41) is 9.13. The first-order valence-corrected chi connectivity index (χ1v) is 10.4. The number of hydrogen-bond acceptors (Lipinski definition) is 2. The molecule has 2 aromatic rings. The Kier molecular flexibility index (Phi) is 6.83. The first-order chi connectivity index (χ1) is 12.5. The van der Waals surface area contributed by atoms with Crippen molar-refractivity contribution in [1.82, 2.24) is 5.32 Å². The smallest absolute Gasteiger partial charge is 0.171 e. The van der Waals surface area contributed by atoms with Crippen molar-refractivity contribution >= 4 is 46.0 Å². The largest absolute Gasteiger partial charge is 0.356 e. The summed E-state index contributed by atoms with van der Waals surface area (Å²) in [4.78, 5) is 4.56. The van der Waals surface area contributed by atoms with Gasteiger partial charge in [0.05, 0.1) is 23.5 Å². The van der Waals surface area contributed by atoms with Crippen molar-refractivity contribution < 1.29 is 14.2 Å². The van der Waals surface area contributed by atoms with E-state index in [2.05, 4.69) is 35.2 Å². The van der Waals surface area contributed by atoms with Gasteiger partial charge in [0.15, 0.2) is 5.11 Å². The SMILES string of the molecule is C[NH+]1CC[NH+]([C@@H](CNC(=S)Nc2ccc(F)c(Cl)c2)c2cccs2)CC1. The number of benzene rings is 1. The molecule has 1 aliphatic rings. The van der Waals surface area contributed by atoms with Crippen molar-refractivity contribution in [3.05, 3.63) is 51.4 Å². The van der Waals surface area contributed by atoms with Crippen LogP contribution in [0.4, 0.5) is 10.1 Å². The van der Waals surface area contributed by atoms with E-state index in [1.54, 1.807) is 27.2 Å². The molecule has 140 valence electrons. The van der Waals surface area contributed by atoms with Crippen molar-refractivity contribution in [2.75, 3.05) is 45.1 Å². The highest BCUT2D eigenvalue weighted by Gasteiger charge is 2.29. The van der Waals surface area contributed by atoms with Crippen molar-refractivity contribution in [3.8, 4) is 0 Å². The second-order valence-electron chi connectivity index (χ2n) is 6.65. The fraction of sp³-hybridized carbons (Fsp3) is 0.389. The van der Waals surface area contributed by atoms with Crippen molar-refractivity contribution in [1.29, 1.82) is 0 Å². The minimum atomic E-state index is -0.436. The zero-order valence-electron chi connectivity index (χ0n) is 14.6. The predicted molar refractivity (Wildman–Crippen MR) is 110 cm³/mol. The molecule has 0 radical (unpaired) electrons. The standard InChI is InChI=1S/C18H22ClFN4S2/c1-23-6-8-24(9-7-23)16(17-3-2-10-26-17)12-21-18(25)22-13-4-5-15(20)14(19)11-13/h2-5,10-11,16H,6-9,12H2,1H3,(H2,21,22,25)/p+2/t16-/m0/s1. The van der Waals surface area contributed by atoms with E-state index in [1.165, 1.54) is 30.1 Å². The fourth-order valence-electron chi connectivity index (χ4n) is 3.23. The zero-order chi connectivity index (χ0) is 18.5. The third-order valence-corrected chi connectivity index (χ3v) is 6.29. The number of anilines is 1. The molecule has 1 aromatic heterocycles. The number of rotatable bonds is 5. The molecule has 4 N–H and O–H groups in total. The second-order valence-corrected chi connectivity index (χ2v) is 8.44. The van der Waals surface area contributed by atoms with Crippen LogP contribution in [0.15, 0.2) is 35.7 Å². The fourth-order valence-corrected chi connectivity index (χ4v) is 4.49. The number of quaternary nitrogens is 2. The molecule has 1 fully saturated rings. The number of hydrogen-bond donors (Lipinski definition) is 4. The minimum Gasteiger partial charge on any atom is -0.356 e. The predicted octanol–water partition coefficient (Wildman–Crippen LogP) is 0.982. The van der Waals surface area contributed by atoms with Crippen molar-refractivity contribution in [2.24, 2.45) is 0 Å². The third kappa shape index (κ3) is 5.14. The number of thiocarbonyl (C=S) groups is 1. The molecule has 0 unspecified atom stereocenters. The lowest BCUT2D eigenvalue weighted by molar-refractivity contribution is -1.02. The summed E-state index contributed by atoms with van der Waals surface area (Å²) in [6, 6.07) is 9.17. The van der Waals surface area contributed by atoms with Crippen molar-refractivity contribution in [3.63, 3.8) is 0 Å². The molecule has 4 nitrogen and oxygen atoms in total. The lowest BCUT2D eigenvalue weighted by Gasteiger charge is -2.33. The van der Waals surface area contributed by atoms with E-state index >= 15 is 0 Å². The lowest BCUT2D eigenvalue weighted by atomic mass is 10.1. The van der Waals surface area contributed by atoms with E-state index in [4.69, 9.17) is 23.8 Å². The molecule has 0 bridgehead atoms. The first kappa shape index (κ1) is 19.5. The van der Waals surface area contributed by atoms with Gasteiger partial charge in [-0.05, 0) is 41.9 Å². The van der Waals surface area contributed by atoms with Crippen molar-refractivity contribution in [2.45, 2.75) is 6.04 Å². The Bertz CT molecular complexity index is 733. The maximum atomic E-state index is 13.3. The summed E-state index contributed by atoms with van der Waals surface area (Å²) in [6.45, 7) is 5.45. The van der Waals surface area contributed by atoms with Crippen LogP contribution in [-0.4, -0.2) is 44.9 Å². The highest BCUT2D eigenvalue weighted by molar-refractivity contribution is 7.80. The average Bonchev–Trinajstić information content (AvgIpc) is 3.14. The number of nitrogens with one attached hydrogen (secondary N) is 4. The zero-order valence-corrected chi connectivity index (χ0v) is 17.0. The van der Waals surface area contributed by atoms with E-state index in [1.807, 2.05) is 0 Å². The molecule has 2 heterocycles. The Morgan fingerprint density at radius 2 is 2.08 bits per heavy atom. The number of halogens is 2. The molecule has 26 heavy (non-hydrogen) atoms. The van der Waals surface area contributed by atoms with Gasteiger partial charge in [0.1, 0.15) is 38.0 Å². The molecular weight excluding hydrogens is 391 g/mol. The maximum absolute atomic E-state index is 13.3. The lowest BCUT2D eigenvalue weighted by Crippen LogP contribution is -3.27. The van der Waals surface area contributed by atoms with Crippen LogP contribution < -0.4 is 20.4 Å². The number of thiophene rings is 1. The van der Waals surface area contributed by atoms with E-state index in [-0.39, 0.29) is 5.02 Å². The Morgan fingerprint density at radius 3 is 2.73 bits per heavy atom. The quantitative estimate of drug-likeness (QED) is 0.550. The summed E-state index contributed by atoms with van der Waals surface area (Å²) in [5.41, 5.74) is 0.678. The Balaban J connectivity index is 1.60. The van der Waals surface area contributed by atoms with Gasteiger partial charge in [-0.1, -0.05) is 17.7 Å². The summed E-state index contributed by atoms with van der Waals surface area (Å²) in [7, 11) is 2.25. The van der Waals surface area contributed by atoms with E-state index in [9.17, 15) is 4.39 Å². The van der Waals surface area contributed by atoms with Gasteiger partial charge in [0, 0.05) is 5.69 Å². The molecule has 1 atom stereocenters. The summed E-state index contributed by atoms with van der Waals surface area (Å²) in [5.74, 6) is -0.436. The summed E-state index contributed by atoms with van der Waals surface area (Å²) >= 11 is 13.0. The molecule has 1 aliphatic heterocycles. The minimum absolute atomic E-state index is 0.0821. The average molecular weight is 415 g/mol. The Labute approximate surface area is 167 Å². The third-order valence-electron chi connectivity index (χ3n) is 4.77. The monoisotopic (exact) mass is 414 g/mol. The Hall–Kier alpha value is -1.25. The van der Waals surface area contributed by atoms with Crippen LogP contribution in [-0.2, 0) is 0 Å². The molecule has 1 aromatic carbocycles. The molecule has 0 aliphatic carbocycles. The molecular formula is C18H24ClFN4S2+2. The molecule has 8 heteroatoms. The summed E-state index contributed by atoms with van der Waals surface area (Å²) in [6.07, 6.45) is 0. The van der Waals surface area contributed by atoms with E-state index in [0.29, 0.717) is 16.8 Å². The normalized spacial score (nSPS) is 21.2. The van der Waals surface area contributed by atoms with Crippen LogP contribution in [0.25, 0.3) is 0 Å². The van der Waals surface area contributed by atoms with Gasteiger partial charge in [-0.25, -0.2) is 4.39 Å². The van der Waals surface area contributed by atoms with Crippen LogP contribution in [0.2, 0.25) is 5.02 Å². The van der Waals surface area contributed by atoms with E-state index < -0.39 is 5.82 Å². The highest BCUT2D eigenvalue weighted by Crippen LogP contribution is 2.19. The number of piperazine rings is 1. The van der Waals surface area contributed by atoms with Gasteiger partial charge in [0.2, 0.25) is 0 Å². The first-order valence-electron chi connectivity index (χ1n) is 8.72. The topological polar surface area (TPSA) is 32.9 Å². The second kappa shape index (κ2) is 9.10. The molecule has 1 saturated heterocycles. The highest BCUT2D eigenvalue weighted by atomic mass is 35.5. The van der Waals surface area contributed by atoms with Gasteiger partial charge in [0.25, 0.3) is 0 Å². The van der Waals surface area contributed by atoms with E-state index in [0.717, 1.165) is 19.6 Å². The molecule has 3 rings (SSSR count). The van der Waals surface area contributed by atoms with Gasteiger partial charge < -0.3 is 20.4 Å². The maximum Gasteiger partial charge on any atom is 0.171 e.